The van der Waals surface area contributed by atoms with Crippen LogP contribution in [0.5, 0.6) is 0 Å². The Morgan fingerprint density at radius 2 is 1.90 bits per heavy atom. The number of para-hydroxylation sites is 1. The van der Waals surface area contributed by atoms with Gasteiger partial charge in [-0.1, -0.05) is 17.3 Å². The number of hydrogen-bond acceptors (Lipinski definition) is 6. The first kappa shape index (κ1) is 18.1. The van der Waals surface area contributed by atoms with Crippen molar-refractivity contribution in [2.24, 2.45) is 0 Å². The number of benzene rings is 1. The molecular formula is C21H24N6O2. The number of carbonyl (C=O) groups excluding carboxylic acids is 1. The lowest BCUT2D eigenvalue weighted by molar-refractivity contribution is 0.0761. The van der Waals surface area contributed by atoms with Crippen molar-refractivity contribution in [2.45, 2.75) is 31.7 Å². The standard InChI is InChI=1S/C21H24N6O2/c28-21(18-4-1-2-5-19(18)27-14-22-23-15-27)26-9-3-8-25(10-11-26)13-17-12-20(29-24-17)16-6-7-16/h1-2,4-5,12,14-16H,3,6-11,13H2. The van der Waals surface area contributed by atoms with Crippen LogP contribution in [0.2, 0.25) is 0 Å². The fraction of sp³-hybridized carbons (Fsp3) is 0.429. The third kappa shape index (κ3) is 3.93. The summed E-state index contributed by atoms with van der Waals surface area (Å²) in [5.41, 5.74) is 2.47. The second kappa shape index (κ2) is 7.79. The molecular weight excluding hydrogens is 368 g/mol. The summed E-state index contributed by atoms with van der Waals surface area (Å²) in [5.74, 6) is 1.66. The van der Waals surface area contributed by atoms with Gasteiger partial charge < -0.3 is 9.42 Å². The van der Waals surface area contributed by atoms with E-state index in [-0.39, 0.29) is 5.91 Å². The number of aromatic nitrogens is 4. The quantitative estimate of drug-likeness (QED) is 0.664. The molecule has 1 aliphatic heterocycles. The van der Waals surface area contributed by atoms with Crippen LogP contribution >= 0.6 is 0 Å². The summed E-state index contributed by atoms with van der Waals surface area (Å²) in [6, 6.07) is 9.70. The van der Waals surface area contributed by atoms with Gasteiger partial charge in [-0.25, -0.2) is 0 Å². The molecule has 0 N–H and O–H groups in total. The lowest BCUT2D eigenvalue weighted by atomic mass is 10.1. The van der Waals surface area contributed by atoms with E-state index < -0.39 is 0 Å². The van der Waals surface area contributed by atoms with Gasteiger partial charge in [-0.2, -0.15) is 0 Å². The number of amides is 1. The van der Waals surface area contributed by atoms with E-state index in [1.165, 1.54) is 12.8 Å². The van der Waals surface area contributed by atoms with Crippen LogP contribution in [0, 0.1) is 0 Å². The molecule has 5 rings (SSSR count). The minimum atomic E-state index is 0.0496. The highest BCUT2D eigenvalue weighted by atomic mass is 16.5. The van der Waals surface area contributed by atoms with Crippen LogP contribution in [0.3, 0.4) is 0 Å². The first-order valence-corrected chi connectivity index (χ1v) is 10.2. The second-order valence-corrected chi connectivity index (χ2v) is 7.80. The van der Waals surface area contributed by atoms with Crippen molar-refractivity contribution >= 4 is 5.91 Å². The van der Waals surface area contributed by atoms with E-state index in [0.29, 0.717) is 18.0 Å². The number of nitrogens with zero attached hydrogens (tertiary/aromatic N) is 6. The van der Waals surface area contributed by atoms with Gasteiger partial charge in [0, 0.05) is 44.7 Å². The van der Waals surface area contributed by atoms with E-state index in [1.54, 1.807) is 17.2 Å². The fourth-order valence-electron chi connectivity index (χ4n) is 3.90. The molecule has 1 aromatic carbocycles. The predicted molar refractivity (Wildman–Crippen MR) is 106 cm³/mol. The Morgan fingerprint density at radius 3 is 2.72 bits per heavy atom. The van der Waals surface area contributed by atoms with Gasteiger partial charge >= 0.3 is 0 Å². The number of rotatable bonds is 5. The van der Waals surface area contributed by atoms with Crippen molar-refractivity contribution in [3.05, 3.63) is 60.0 Å². The van der Waals surface area contributed by atoms with Gasteiger partial charge in [-0.3, -0.25) is 14.3 Å². The maximum Gasteiger partial charge on any atom is 0.256 e. The zero-order chi connectivity index (χ0) is 19.6. The highest BCUT2D eigenvalue weighted by Gasteiger charge is 2.28. The van der Waals surface area contributed by atoms with Crippen LogP contribution < -0.4 is 0 Å². The molecule has 1 saturated carbocycles. The van der Waals surface area contributed by atoms with Gasteiger partial charge in [0.2, 0.25) is 0 Å². The van der Waals surface area contributed by atoms with Crippen LogP contribution in [0.15, 0.2) is 47.5 Å². The van der Waals surface area contributed by atoms with Crippen molar-refractivity contribution in [3.8, 4) is 5.69 Å². The number of hydrogen-bond donors (Lipinski definition) is 0. The van der Waals surface area contributed by atoms with Crippen molar-refractivity contribution in [2.75, 3.05) is 26.2 Å². The Bertz CT molecular complexity index is 979. The summed E-state index contributed by atoms with van der Waals surface area (Å²) in [5, 5.41) is 12.0. The molecule has 1 amide bonds. The molecule has 8 heteroatoms. The highest BCUT2D eigenvalue weighted by molar-refractivity contribution is 5.97. The highest BCUT2D eigenvalue weighted by Crippen LogP contribution is 2.40. The Hall–Kier alpha value is -3.00. The molecule has 3 heterocycles. The Labute approximate surface area is 169 Å². The van der Waals surface area contributed by atoms with Gasteiger partial charge in [0.05, 0.1) is 16.9 Å². The molecule has 1 aliphatic carbocycles. The topological polar surface area (TPSA) is 80.3 Å². The molecule has 2 fully saturated rings. The van der Waals surface area contributed by atoms with Crippen molar-refractivity contribution in [1.29, 1.82) is 0 Å². The first-order valence-electron chi connectivity index (χ1n) is 10.2. The Kier molecular flexibility index (Phi) is 4.85. The van der Waals surface area contributed by atoms with E-state index in [9.17, 15) is 4.79 Å². The van der Waals surface area contributed by atoms with E-state index in [1.807, 2.05) is 29.2 Å². The molecule has 0 unspecified atom stereocenters. The van der Waals surface area contributed by atoms with Gasteiger partial charge in [0.1, 0.15) is 18.4 Å². The molecule has 3 aromatic rings. The van der Waals surface area contributed by atoms with Crippen molar-refractivity contribution in [3.63, 3.8) is 0 Å². The third-order valence-electron chi connectivity index (χ3n) is 5.65. The van der Waals surface area contributed by atoms with Gasteiger partial charge in [0.15, 0.2) is 0 Å². The largest absolute Gasteiger partial charge is 0.361 e. The average Bonchev–Trinajstić information content (AvgIpc) is 3.33. The lowest BCUT2D eigenvalue weighted by Gasteiger charge is -2.22. The van der Waals surface area contributed by atoms with Crippen LogP contribution in [0.1, 0.15) is 47.0 Å². The molecule has 29 heavy (non-hydrogen) atoms. The van der Waals surface area contributed by atoms with Crippen LogP contribution in [-0.2, 0) is 6.54 Å². The van der Waals surface area contributed by atoms with Crippen LogP contribution in [-0.4, -0.2) is 61.8 Å². The minimum Gasteiger partial charge on any atom is -0.361 e. The monoisotopic (exact) mass is 392 g/mol. The molecule has 8 nitrogen and oxygen atoms in total. The van der Waals surface area contributed by atoms with E-state index in [4.69, 9.17) is 4.52 Å². The molecule has 0 bridgehead atoms. The maximum absolute atomic E-state index is 13.2. The van der Waals surface area contributed by atoms with Gasteiger partial charge in [-0.15, -0.1) is 10.2 Å². The fourth-order valence-corrected chi connectivity index (χ4v) is 3.90. The predicted octanol–water partition coefficient (Wildman–Crippen LogP) is 2.48. The zero-order valence-electron chi connectivity index (χ0n) is 16.3. The Morgan fingerprint density at radius 1 is 1.07 bits per heavy atom. The molecule has 0 spiro atoms. The van der Waals surface area contributed by atoms with Crippen LogP contribution in [0.25, 0.3) is 5.69 Å². The van der Waals surface area contributed by atoms with Gasteiger partial charge in [0.25, 0.3) is 5.91 Å². The molecule has 0 radical (unpaired) electrons. The third-order valence-corrected chi connectivity index (χ3v) is 5.65. The molecule has 2 aromatic heterocycles. The summed E-state index contributed by atoms with van der Waals surface area (Å²) < 4.78 is 7.25. The Balaban J connectivity index is 1.25. The average molecular weight is 392 g/mol. The summed E-state index contributed by atoms with van der Waals surface area (Å²) in [6.07, 6.45) is 6.60. The number of carbonyl (C=O) groups is 1. The first-order chi connectivity index (χ1) is 14.3. The summed E-state index contributed by atoms with van der Waals surface area (Å²) in [4.78, 5) is 17.5. The lowest BCUT2D eigenvalue weighted by Crippen LogP contribution is -2.35. The summed E-state index contributed by atoms with van der Waals surface area (Å²) in [6.45, 7) is 3.99. The van der Waals surface area contributed by atoms with E-state index in [2.05, 4.69) is 26.3 Å². The summed E-state index contributed by atoms with van der Waals surface area (Å²) in [7, 11) is 0. The minimum absolute atomic E-state index is 0.0496. The molecule has 2 aliphatic rings. The molecule has 0 atom stereocenters. The smallest absolute Gasteiger partial charge is 0.256 e. The SMILES string of the molecule is O=C(c1ccccc1-n1cnnc1)N1CCCN(Cc2cc(C3CC3)on2)CC1. The summed E-state index contributed by atoms with van der Waals surface area (Å²) >= 11 is 0. The van der Waals surface area contributed by atoms with Crippen LogP contribution in [0.4, 0.5) is 0 Å². The van der Waals surface area contributed by atoms with Crippen molar-refractivity contribution < 1.29 is 9.32 Å². The second-order valence-electron chi connectivity index (χ2n) is 7.80. The van der Waals surface area contributed by atoms with E-state index >= 15 is 0 Å². The maximum atomic E-state index is 13.2. The molecule has 1 saturated heterocycles. The molecule has 150 valence electrons. The van der Waals surface area contributed by atoms with E-state index in [0.717, 1.165) is 49.7 Å². The van der Waals surface area contributed by atoms with Crippen molar-refractivity contribution in [1.82, 2.24) is 29.7 Å². The zero-order valence-corrected chi connectivity index (χ0v) is 16.3. The normalized spacial score (nSPS) is 18.0. The van der Waals surface area contributed by atoms with Gasteiger partial charge in [-0.05, 0) is 31.4 Å².